The summed E-state index contributed by atoms with van der Waals surface area (Å²) < 4.78 is 26.4. The lowest BCUT2D eigenvalue weighted by Crippen LogP contribution is -1.86. The summed E-state index contributed by atoms with van der Waals surface area (Å²) in [7, 11) is 0. The summed E-state index contributed by atoms with van der Waals surface area (Å²) in [4.78, 5) is 0. The molecule has 0 saturated heterocycles. The maximum absolute atomic E-state index is 13.0. The number of furan rings is 1. The molecule has 6 heteroatoms. The van der Waals surface area contributed by atoms with Gasteiger partial charge in [0.25, 0.3) is 0 Å². The van der Waals surface area contributed by atoms with E-state index in [2.05, 4.69) is 8.75 Å². The Morgan fingerprint density at radius 3 is 2.88 bits per heavy atom. The van der Waals surface area contributed by atoms with E-state index in [0.29, 0.717) is 28.2 Å². The van der Waals surface area contributed by atoms with Gasteiger partial charge in [-0.1, -0.05) is 0 Å². The summed E-state index contributed by atoms with van der Waals surface area (Å²) in [5, 5.41) is 0.683. The molecule has 0 spiro atoms. The molecule has 0 aliphatic rings. The predicted molar refractivity (Wildman–Crippen MR) is 59.5 cm³/mol. The van der Waals surface area contributed by atoms with Gasteiger partial charge in [-0.15, -0.1) is 0 Å². The molecule has 2 heterocycles. The lowest BCUT2D eigenvalue weighted by atomic mass is 10.2. The van der Waals surface area contributed by atoms with Crippen molar-refractivity contribution < 1.29 is 8.81 Å². The molecule has 3 rings (SSSR count). The summed E-state index contributed by atoms with van der Waals surface area (Å²) in [5.41, 5.74) is 6.73. The summed E-state index contributed by atoms with van der Waals surface area (Å²) in [6.45, 7) is 0. The van der Waals surface area contributed by atoms with Gasteiger partial charge in [0.1, 0.15) is 11.4 Å². The lowest BCUT2D eigenvalue weighted by Gasteiger charge is -1.89. The van der Waals surface area contributed by atoms with E-state index in [1.54, 1.807) is 12.1 Å². The van der Waals surface area contributed by atoms with Crippen LogP contribution < -0.4 is 5.73 Å². The van der Waals surface area contributed by atoms with Gasteiger partial charge in [-0.25, -0.2) is 4.39 Å². The second kappa shape index (κ2) is 3.28. The van der Waals surface area contributed by atoms with Crippen LogP contribution in [0.15, 0.2) is 28.7 Å². The van der Waals surface area contributed by atoms with Crippen molar-refractivity contribution in [2.24, 2.45) is 0 Å². The molecule has 0 aliphatic carbocycles. The van der Waals surface area contributed by atoms with Crippen molar-refractivity contribution in [3.63, 3.8) is 0 Å². The Kier molecular flexibility index (Phi) is 1.90. The molecule has 0 amide bonds. The Morgan fingerprint density at radius 1 is 1.25 bits per heavy atom. The third-order valence-corrected chi connectivity index (χ3v) is 2.77. The third-order valence-electron chi connectivity index (χ3n) is 2.23. The highest BCUT2D eigenvalue weighted by Gasteiger charge is 2.13. The van der Waals surface area contributed by atoms with Gasteiger partial charge in [-0.2, -0.15) is 8.75 Å². The van der Waals surface area contributed by atoms with Gasteiger partial charge in [0.2, 0.25) is 0 Å². The highest BCUT2D eigenvalue weighted by molar-refractivity contribution is 6.99. The van der Waals surface area contributed by atoms with Gasteiger partial charge in [0.15, 0.2) is 17.3 Å². The molecule has 0 saturated carbocycles. The Hall–Kier alpha value is -1.95. The lowest BCUT2D eigenvalue weighted by molar-refractivity contribution is 0.618. The zero-order valence-corrected chi connectivity index (χ0v) is 8.79. The molecule has 2 N–H and O–H groups in total. The minimum Gasteiger partial charge on any atom is -0.454 e. The number of benzene rings is 1. The molecule has 0 aliphatic heterocycles. The van der Waals surface area contributed by atoms with Crippen LogP contribution in [0.1, 0.15) is 0 Å². The monoisotopic (exact) mass is 235 g/mol. The van der Waals surface area contributed by atoms with Crippen LogP contribution in [0.4, 0.5) is 10.2 Å². The molecule has 1 aromatic carbocycles. The highest BCUT2D eigenvalue weighted by atomic mass is 32.1. The van der Waals surface area contributed by atoms with E-state index in [1.807, 2.05) is 0 Å². The van der Waals surface area contributed by atoms with E-state index in [-0.39, 0.29) is 5.82 Å². The number of aromatic nitrogens is 2. The van der Waals surface area contributed by atoms with Crippen LogP contribution in [0.2, 0.25) is 0 Å². The van der Waals surface area contributed by atoms with Gasteiger partial charge in [0.05, 0.1) is 11.7 Å². The molecular weight excluding hydrogens is 229 g/mol. The van der Waals surface area contributed by atoms with Crippen LogP contribution in [0, 0.1) is 5.82 Å². The van der Waals surface area contributed by atoms with Crippen molar-refractivity contribution in [3.8, 4) is 11.5 Å². The number of hydrogen-bond donors (Lipinski definition) is 1. The third kappa shape index (κ3) is 1.35. The largest absolute Gasteiger partial charge is 0.454 e. The number of anilines is 1. The van der Waals surface area contributed by atoms with Crippen LogP contribution in [0.5, 0.6) is 0 Å². The second-order valence-electron chi connectivity index (χ2n) is 3.29. The van der Waals surface area contributed by atoms with Crippen LogP contribution >= 0.6 is 11.7 Å². The van der Waals surface area contributed by atoms with E-state index in [4.69, 9.17) is 10.2 Å². The molecule has 0 atom stereocenters. The Labute approximate surface area is 93.8 Å². The Morgan fingerprint density at radius 2 is 2.12 bits per heavy atom. The summed E-state index contributed by atoms with van der Waals surface area (Å²) in [6, 6.07) is 6.02. The number of fused-ring (bicyclic) bond motifs is 1. The molecule has 3 aromatic rings. The normalized spacial score (nSPS) is 11.1. The number of hydrogen-bond acceptors (Lipinski definition) is 5. The number of rotatable bonds is 1. The molecule has 16 heavy (non-hydrogen) atoms. The minimum atomic E-state index is -0.302. The van der Waals surface area contributed by atoms with Crippen LogP contribution in [-0.2, 0) is 0 Å². The fourth-order valence-corrected chi connectivity index (χ4v) is 1.98. The SMILES string of the molecule is Nc1nsnc1-c1cc2cc(F)ccc2o1. The second-order valence-corrected chi connectivity index (χ2v) is 3.82. The summed E-state index contributed by atoms with van der Waals surface area (Å²) in [6.07, 6.45) is 0. The fourth-order valence-electron chi connectivity index (χ4n) is 1.50. The van der Waals surface area contributed by atoms with Crippen molar-refractivity contribution in [2.75, 3.05) is 5.73 Å². The van der Waals surface area contributed by atoms with E-state index in [1.165, 1.54) is 12.1 Å². The molecule has 0 bridgehead atoms. The average Bonchev–Trinajstić information content (AvgIpc) is 2.82. The number of nitrogens with two attached hydrogens (primary N) is 1. The van der Waals surface area contributed by atoms with Crippen LogP contribution in [0.3, 0.4) is 0 Å². The van der Waals surface area contributed by atoms with Crippen LogP contribution in [0.25, 0.3) is 22.4 Å². The van der Waals surface area contributed by atoms with Gasteiger partial charge in [0, 0.05) is 5.39 Å². The first-order chi connectivity index (χ1) is 7.74. The molecule has 4 nitrogen and oxygen atoms in total. The molecule has 0 radical (unpaired) electrons. The van der Waals surface area contributed by atoms with E-state index >= 15 is 0 Å². The van der Waals surface area contributed by atoms with E-state index in [9.17, 15) is 4.39 Å². The van der Waals surface area contributed by atoms with Crippen molar-refractivity contribution in [2.45, 2.75) is 0 Å². The first-order valence-electron chi connectivity index (χ1n) is 4.51. The zero-order valence-electron chi connectivity index (χ0n) is 7.98. The average molecular weight is 235 g/mol. The van der Waals surface area contributed by atoms with Crippen molar-refractivity contribution >= 4 is 28.5 Å². The molecular formula is C10H6FN3OS. The van der Waals surface area contributed by atoms with Gasteiger partial charge < -0.3 is 10.2 Å². The van der Waals surface area contributed by atoms with Crippen molar-refractivity contribution in [3.05, 3.63) is 30.1 Å². The maximum atomic E-state index is 13.0. The molecule has 0 unspecified atom stereocenters. The highest BCUT2D eigenvalue weighted by Crippen LogP contribution is 2.30. The Balaban J connectivity index is 2.23. The quantitative estimate of drug-likeness (QED) is 0.704. The standard InChI is InChI=1S/C10H6FN3OS/c11-6-1-2-7-5(3-6)4-8(15-7)9-10(12)14-16-13-9/h1-4H,(H2,12,14). The number of nitrogens with zero attached hydrogens (tertiary/aromatic N) is 2. The smallest absolute Gasteiger partial charge is 0.168 e. The summed E-state index contributed by atoms with van der Waals surface area (Å²) in [5.74, 6) is 0.528. The van der Waals surface area contributed by atoms with Gasteiger partial charge in [-0.05, 0) is 24.3 Å². The maximum Gasteiger partial charge on any atom is 0.168 e. The van der Waals surface area contributed by atoms with E-state index < -0.39 is 0 Å². The topological polar surface area (TPSA) is 64.9 Å². The number of halogens is 1. The minimum absolute atomic E-state index is 0.302. The fraction of sp³-hybridized carbons (Fsp3) is 0. The van der Waals surface area contributed by atoms with Gasteiger partial charge >= 0.3 is 0 Å². The molecule has 80 valence electrons. The van der Waals surface area contributed by atoms with E-state index in [0.717, 1.165) is 11.7 Å². The Bertz CT molecular complexity index is 661. The van der Waals surface area contributed by atoms with Crippen LogP contribution in [-0.4, -0.2) is 8.75 Å². The zero-order chi connectivity index (χ0) is 11.1. The first kappa shape index (κ1) is 9.29. The predicted octanol–water partition coefficient (Wildman–Crippen LogP) is 2.67. The van der Waals surface area contributed by atoms with Crippen molar-refractivity contribution in [1.82, 2.24) is 8.75 Å². The first-order valence-corrected chi connectivity index (χ1v) is 5.24. The molecule has 0 fully saturated rings. The number of nitrogen functional groups attached to an aromatic ring is 1. The molecule has 2 aromatic heterocycles. The van der Waals surface area contributed by atoms with Gasteiger partial charge in [-0.3, -0.25) is 0 Å². The summed E-state index contributed by atoms with van der Waals surface area (Å²) >= 11 is 1.02. The van der Waals surface area contributed by atoms with Crippen molar-refractivity contribution in [1.29, 1.82) is 0 Å².